The molecule has 2 atom stereocenters. The van der Waals surface area contributed by atoms with E-state index in [-0.39, 0.29) is 0 Å². The summed E-state index contributed by atoms with van der Waals surface area (Å²) in [4.78, 5) is 2.67. The summed E-state index contributed by atoms with van der Waals surface area (Å²) < 4.78 is 5.72. The molecule has 0 spiro atoms. The molecule has 0 aromatic heterocycles. The molecular formula is C15H28N2O. The minimum atomic E-state index is 0.565. The Kier molecular flexibility index (Phi) is 4.55. The largest absolute Gasteiger partial charge is 0.378 e. The zero-order valence-electron chi connectivity index (χ0n) is 11.6. The van der Waals surface area contributed by atoms with Crippen molar-refractivity contribution in [2.24, 2.45) is 5.92 Å². The second-order valence-corrected chi connectivity index (χ2v) is 6.42. The first-order valence-electron chi connectivity index (χ1n) is 7.97. The van der Waals surface area contributed by atoms with E-state index in [9.17, 15) is 0 Å². The van der Waals surface area contributed by atoms with Gasteiger partial charge in [0.1, 0.15) is 0 Å². The highest BCUT2D eigenvalue weighted by atomic mass is 16.5. The van der Waals surface area contributed by atoms with Crippen molar-refractivity contribution in [3.63, 3.8) is 0 Å². The van der Waals surface area contributed by atoms with Crippen molar-refractivity contribution in [2.75, 3.05) is 32.8 Å². The summed E-state index contributed by atoms with van der Waals surface area (Å²) in [6.45, 7) is 6.13. The summed E-state index contributed by atoms with van der Waals surface area (Å²) >= 11 is 0. The maximum absolute atomic E-state index is 5.72. The molecule has 0 bridgehead atoms. The predicted octanol–water partition coefficient (Wildman–Crippen LogP) is 2.02. The van der Waals surface area contributed by atoms with Gasteiger partial charge in [0.15, 0.2) is 0 Å². The number of rotatable bonds is 6. The van der Waals surface area contributed by atoms with Gasteiger partial charge in [-0.1, -0.05) is 0 Å². The van der Waals surface area contributed by atoms with Gasteiger partial charge in [-0.25, -0.2) is 0 Å². The van der Waals surface area contributed by atoms with Gasteiger partial charge >= 0.3 is 0 Å². The minimum Gasteiger partial charge on any atom is -0.378 e. The average molecular weight is 252 g/mol. The minimum absolute atomic E-state index is 0.565. The Morgan fingerprint density at radius 1 is 1.11 bits per heavy atom. The molecule has 0 amide bonds. The summed E-state index contributed by atoms with van der Waals surface area (Å²) in [6.07, 6.45) is 10.0. The molecule has 2 aliphatic heterocycles. The first-order chi connectivity index (χ1) is 8.90. The Bertz CT molecular complexity index is 249. The van der Waals surface area contributed by atoms with E-state index in [1.54, 1.807) is 0 Å². The number of hydrogen-bond donors (Lipinski definition) is 1. The molecule has 2 saturated heterocycles. The van der Waals surface area contributed by atoms with Gasteiger partial charge < -0.3 is 15.0 Å². The van der Waals surface area contributed by atoms with Crippen molar-refractivity contribution in [1.82, 2.24) is 10.2 Å². The smallest absolute Gasteiger partial charge is 0.0588 e. The van der Waals surface area contributed by atoms with Crippen molar-refractivity contribution in [3.05, 3.63) is 0 Å². The first kappa shape index (κ1) is 12.9. The molecule has 18 heavy (non-hydrogen) atoms. The van der Waals surface area contributed by atoms with Crippen LogP contribution < -0.4 is 5.32 Å². The molecule has 2 unspecified atom stereocenters. The van der Waals surface area contributed by atoms with Crippen molar-refractivity contribution in [3.8, 4) is 0 Å². The third kappa shape index (κ3) is 3.94. The van der Waals surface area contributed by atoms with E-state index in [0.717, 1.165) is 18.6 Å². The van der Waals surface area contributed by atoms with Crippen LogP contribution in [-0.2, 0) is 4.74 Å². The zero-order chi connectivity index (χ0) is 12.2. The standard InChI is InChI=1S/C15H28N2O/c1-3-13(11-16-14-5-6-14)12-17(8-1)9-7-15-4-2-10-18-15/h13-16H,1-12H2. The Labute approximate surface area is 111 Å². The number of piperidine rings is 1. The fraction of sp³-hybridized carbons (Fsp3) is 1.00. The van der Waals surface area contributed by atoms with Gasteiger partial charge in [-0.05, 0) is 64.0 Å². The molecule has 0 aromatic rings. The molecule has 104 valence electrons. The van der Waals surface area contributed by atoms with E-state index in [1.165, 1.54) is 71.1 Å². The summed E-state index contributed by atoms with van der Waals surface area (Å²) in [5.41, 5.74) is 0. The average Bonchev–Trinajstić information content (AvgIpc) is 3.09. The Morgan fingerprint density at radius 3 is 2.83 bits per heavy atom. The second-order valence-electron chi connectivity index (χ2n) is 6.42. The Hall–Kier alpha value is -0.120. The molecule has 1 N–H and O–H groups in total. The number of nitrogens with zero attached hydrogens (tertiary/aromatic N) is 1. The van der Waals surface area contributed by atoms with Gasteiger partial charge in [0.05, 0.1) is 6.10 Å². The maximum Gasteiger partial charge on any atom is 0.0588 e. The van der Waals surface area contributed by atoms with Crippen LogP contribution in [0.4, 0.5) is 0 Å². The number of likely N-dealkylation sites (tertiary alicyclic amines) is 1. The fourth-order valence-electron chi connectivity index (χ4n) is 3.34. The van der Waals surface area contributed by atoms with Gasteiger partial charge in [-0.2, -0.15) is 0 Å². The molecule has 0 radical (unpaired) electrons. The van der Waals surface area contributed by atoms with Crippen LogP contribution in [0.1, 0.15) is 44.9 Å². The second kappa shape index (κ2) is 6.36. The number of hydrogen-bond acceptors (Lipinski definition) is 3. The van der Waals surface area contributed by atoms with Gasteiger partial charge in [0.25, 0.3) is 0 Å². The van der Waals surface area contributed by atoms with Crippen LogP contribution in [-0.4, -0.2) is 49.8 Å². The van der Waals surface area contributed by atoms with Crippen molar-refractivity contribution < 1.29 is 4.74 Å². The monoisotopic (exact) mass is 252 g/mol. The van der Waals surface area contributed by atoms with Crippen LogP contribution in [0.3, 0.4) is 0 Å². The predicted molar refractivity (Wildman–Crippen MR) is 73.8 cm³/mol. The molecule has 0 aromatic carbocycles. The summed E-state index contributed by atoms with van der Waals surface area (Å²) in [5, 5.41) is 3.69. The normalized spacial score (nSPS) is 34.0. The van der Waals surface area contributed by atoms with E-state index in [1.807, 2.05) is 0 Å². The van der Waals surface area contributed by atoms with Crippen molar-refractivity contribution in [2.45, 2.75) is 57.1 Å². The van der Waals surface area contributed by atoms with Gasteiger partial charge in [0.2, 0.25) is 0 Å². The lowest BCUT2D eigenvalue weighted by Gasteiger charge is -2.33. The molecule has 3 fully saturated rings. The third-order valence-corrected chi connectivity index (χ3v) is 4.67. The fourth-order valence-corrected chi connectivity index (χ4v) is 3.34. The third-order valence-electron chi connectivity index (χ3n) is 4.67. The highest BCUT2D eigenvalue weighted by Gasteiger charge is 2.25. The summed E-state index contributed by atoms with van der Waals surface area (Å²) in [5.74, 6) is 0.892. The van der Waals surface area contributed by atoms with E-state index >= 15 is 0 Å². The van der Waals surface area contributed by atoms with E-state index < -0.39 is 0 Å². The topological polar surface area (TPSA) is 24.5 Å². The molecule has 1 aliphatic carbocycles. The van der Waals surface area contributed by atoms with Crippen LogP contribution in [0.25, 0.3) is 0 Å². The maximum atomic E-state index is 5.72. The van der Waals surface area contributed by atoms with Crippen molar-refractivity contribution in [1.29, 1.82) is 0 Å². The number of ether oxygens (including phenoxy) is 1. The molecule has 3 heteroatoms. The molecule has 1 saturated carbocycles. The first-order valence-corrected chi connectivity index (χ1v) is 7.97. The molecular weight excluding hydrogens is 224 g/mol. The quantitative estimate of drug-likeness (QED) is 0.783. The van der Waals surface area contributed by atoms with E-state index in [4.69, 9.17) is 4.74 Å². The van der Waals surface area contributed by atoms with Crippen LogP contribution in [0.2, 0.25) is 0 Å². The zero-order valence-corrected chi connectivity index (χ0v) is 11.6. The lowest BCUT2D eigenvalue weighted by Crippen LogP contribution is -2.41. The highest BCUT2D eigenvalue weighted by Crippen LogP contribution is 2.22. The molecule has 3 rings (SSSR count). The van der Waals surface area contributed by atoms with E-state index in [0.29, 0.717) is 6.10 Å². The Balaban J connectivity index is 1.33. The van der Waals surface area contributed by atoms with Crippen LogP contribution in [0.15, 0.2) is 0 Å². The SMILES string of the molecule is C1COC(CCN2CCCC(CNC3CC3)C2)C1. The summed E-state index contributed by atoms with van der Waals surface area (Å²) in [7, 11) is 0. The number of nitrogens with one attached hydrogen (secondary N) is 1. The lowest BCUT2D eigenvalue weighted by atomic mass is 9.97. The highest BCUT2D eigenvalue weighted by molar-refractivity contribution is 4.83. The van der Waals surface area contributed by atoms with Gasteiger partial charge in [-0.3, -0.25) is 0 Å². The molecule has 2 heterocycles. The van der Waals surface area contributed by atoms with Crippen LogP contribution in [0, 0.1) is 5.92 Å². The lowest BCUT2D eigenvalue weighted by molar-refractivity contribution is 0.0830. The van der Waals surface area contributed by atoms with Crippen LogP contribution in [0.5, 0.6) is 0 Å². The van der Waals surface area contributed by atoms with Crippen LogP contribution >= 0.6 is 0 Å². The van der Waals surface area contributed by atoms with E-state index in [2.05, 4.69) is 10.2 Å². The van der Waals surface area contributed by atoms with Gasteiger partial charge in [0, 0.05) is 25.7 Å². The molecule has 3 aliphatic rings. The molecule has 3 nitrogen and oxygen atoms in total. The van der Waals surface area contributed by atoms with Gasteiger partial charge in [-0.15, -0.1) is 0 Å². The van der Waals surface area contributed by atoms with Crippen molar-refractivity contribution >= 4 is 0 Å². The summed E-state index contributed by atoms with van der Waals surface area (Å²) in [6, 6.07) is 0.868. The Morgan fingerprint density at radius 2 is 2.06 bits per heavy atom.